The molecule has 2 aromatic heterocycles. The molecule has 1 atom stereocenters. The summed E-state index contributed by atoms with van der Waals surface area (Å²) in [5.41, 5.74) is 5.30. The lowest BCUT2D eigenvalue weighted by Crippen LogP contribution is -2.25. The van der Waals surface area contributed by atoms with Gasteiger partial charge in [-0.2, -0.15) is 14.9 Å². The highest BCUT2D eigenvalue weighted by molar-refractivity contribution is 5.95. The normalized spacial score (nSPS) is 15.3. The molecule has 8 heteroatoms. The van der Waals surface area contributed by atoms with Crippen molar-refractivity contribution >= 4 is 11.7 Å². The largest absolute Gasteiger partial charge is 0.310 e. The van der Waals surface area contributed by atoms with Crippen LogP contribution in [0.25, 0.3) is 17.2 Å². The molecule has 3 heterocycles. The highest BCUT2D eigenvalue weighted by atomic mass is 19.1. The van der Waals surface area contributed by atoms with Gasteiger partial charge >= 0.3 is 0 Å². The summed E-state index contributed by atoms with van der Waals surface area (Å²) < 4.78 is 14.8. The van der Waals surface area contributed by atoms with E-state index >= 15 is 0 Å². The molecule has 32 heavy (non-hydrogen) atoms. The quantitative estimate of drug-likeness (QED) is 0.526. The van der Waals surface area contributed by atoms with Crippen molar-refractivity contribution in [3.63, 3.8) is 0 Å². The Morgan fingerprint density at radius 3 is 2.59 bits per heavy atom. The second-order valence-electron chi connectivity index (χ2n) is 7.81. The number of fused-ring (bicyclic) bond motifs is 1. The molecule has 1 aliphatic heterocycles. The van der Waals surface area contributed by atoms with Crippen LogP contribution < -0.4 is 5.32 Å². The molecule has 0 saturated carbocycles. The topological polar surface area (TPSA) is 85.6 Å². The molecule has 1 N–H and O–H groups in total. The van der Waals surface area contributed by atoms with E-state index in [1.807, 2.05) is 6.92 Å². The van der Waals surface area contributed by atoms with Gasteiger partial charge in [0.05, 0.1) is 17.6 Å². The SMILES string of the molecule is CCc1ccc([C@@H]2CC(=O)Nc3c2c(C)nn3-c2nncc(-c3ccc(F)cc3)n2)cc1. The molecule has 7 nitrogen and oxygen atoms in total. The van der Waals surface area contributed by atoms with Crippen LogP contribution in [0, 0.1) is 12.7 Å². The number of nitrogens with one attached hydrogen (secondary N) is 1. The van der Waals surface area contributed by atoms with Crippen molar-refractivity contribution in [1.82, 2.24) is 25.0 Å². The van der Waals surface area contributed by atoms with Crippen molar-refractivity contribution in [2.24, 2.45) is 0 Å². The lowest BCUT2D eigenvalue weighted by atomic mass is 9.85. The summed E-state index contributed by atoms with van der Waals surface area (Å²) in [6.45, 7) is 4.03. The first-order valence-corrected chi connectivity index (χ1v) is 10.5. The van der Waals surface area contributed by atoms with Crippen molar-refractivity contribution in [2.75, 3.05) is 5.32 Å². The number of amides is 1. The van der Waals surface area contributed by atoms with Gasteiger partial charge < -0.3 is 5.32 Å². The van der Waals surface area contributed by atoms with E-state index in [1.165, 1.54) is 28.6 Å². The van der Waals surface area contributed by atoms with E-state index in [2.05, 4.69) is 56.8 Å². The molecule has 2 aromatic carbocycles. The minimum Gasteiger partial charge on any atom is -0.310 e. The van der Waals surface area contributed by atoms with E-state index in [-0.39, 0.29) is 23.6 Å². The van der Waals surface area contributed by atoms with Crippen LogP contribution in [0.1, 0.15) is 41.6 Å². The smallest absolute Gasteiger partial charge is 0.272 e. The van der Waals surface area contributed by atoms with Gasteiger partial charge in [-0.25, -0.2) is 9.37 Å². The van der Waals surface area contributed by atoms with Crippen molar-refractivity contribution in [3.05, 3.63) is 82.9 Å². The number of anilines is 1. The first-order chi connectivity index (χ1) is 15.5. The van der Waals surface area contributed by atoms with E-state index in [1.54, 1.807) is 12.1 Å². The van der Waals surface area contributed by atoms with Gasteiger partial charge in [0, 0.05) is 23.5 Å². The lowest BCUT2D eigenvalue weighted by molar-refractivity contribution is -0.116. The number of carbonyl (C=O) groups is 1. The summed E-state index contributed by atoms with van der Waals surface area (Å²) in [5, 5.41) is 15.8. The number of aromatic nitrogens is 5. The first kappa shape index (κ1) is 20.0. The minimum atomic E-state index is -0.325. The molecule has 1 amide bonds. The summed E-state index contributed by atoms with van der Waals surface area (Å²) >= 11 is 0. The number of rotatable bonds is 4. The molecule has 1 aliphatic rings. The van der Waals surface area contributed by atoms with Crippen LogP contribution in [0.4, 0.5) is 10.2 Å². The average Bonchev–Trinajstić information content (AvgIpc) is 3.15. The van der Waals surface area contributed by atoms with E-state index in [0.29, 0.717) is 23.5 Å². The Balaban J connectivity index is 1.58. The van der Waals surface area contributed by atoms with Crippen LogP contribution in [0.15, 0.2) is 54.7 Å². The maximum absolute atomic E-state index is 13.3. The third-order valence-electron chi connectivity index (χ3n) is 5.77. The van der Waals surface area contributed by atoms with Crippen molar-refractivity contribution in [1.29, 1.82) is 0 Å². The van der Waals surface area contributed by atoms with Crippen LogP contribution >= 0.6 is 0 Å². The Morgan fingerprint density at radius 1 is 1.12 bits per heavy atom. The first-order valence-electron chi connectivity index (χ1n) is 10.5. The fraction of sp³-hybridized carbons (Fsp3) is 0.208. The van der Waals surface area contributed by atoms with Crippen molar-refractivity contribution in [3.8, 4) is 17.2 Å². The van der Waals surface area contributed by atoms with Gasteiger partial charge in [-0.1, -0.05) is 31.2 Å². The van der Waals surface area contributed by atoms with Crippen molar-refractivity contribution in [2.45, 2.75) is 32.6 Å². The number of halogens is 1. The summed E-state index contributed by atoms with van der Waals surface area (Å²) in [6.07, 6.45) is 2.82. The third kappa shape index (κ3) is 3.53. The zero-order valence-corrected chi connectivity index (χ0v) is 17.7. The Hall–Kier alpha value is -3.94. The molecular weight excluding hydrogens is 407 g/mol. The van der Waals surface area contributed by atoms with E-state index in [9.17, 15) is 9.18 Å². The molecule has 0 bridgehead atoms. The Morgan fingerprint density at radius 2 is 1.88 bits per heavy atom. The fourth-order valence-electron chi connectivity index (χ4n) is 4.11. The van der Waals surface area contributed by atoms with Gasteiger partial charge in [0.25, 0.3) is 5.95 Å². The molecule has 4 aromatic rings. The predicted octanol–water partition coefficient (Wildman–Crippen LogP) is 4.21. The summed E-state index contributed by atoms with van der Waals surface area (Å²) in [7, 11) is 0. The van der Waals surface area contributed by atoms with E-state index in [0.717, 1.165) is 23.2 Å². The Labute approximate surface area is 184 Å². The van der Waals surface area contributed by atoms with Gasteiger partial charge in [-0.15, -0.1) is 5.10 Å². The Kier molecular flexibility index (Phi) is 4.97. The van der Waals surface area contributed by atoms with Gasteiger partial charge in [0.15, 0.2) is 0 Å². The number of benzene rings is 2. The molecular formula is C24H21FN6O. The van der Waals surface area contributed by atoms with E-state index in [4.69, 9.17) is 0 Å². The second-order valence-corrected chi connectivity index (χ2v) is 7.81. The van der Waals surface area contributed by atoms with Gasteiger partial charge in [-0.3, -0.25) is 4.79 Å². The average molecular weight is 428 g/mol. The molecule has 160 valence electrons. The maximum atomic E-state index is 13.3. The third-order valence-corrected chi connectivity index (χ3v) is 5.77. The van der Waals surface area contributed by atoms with E-state index < -0.39 is 0 Å². The number of hydrogen-bond donors (Lipinski definition) is 1. The number of hydrogen-bond acceptors (Lipinski definition) is 5. The zero-order valence-electron chi connectivity index (χ0n) is 17.7. The predicted molar refractivity (Wildman–Crippen MR) is 118 cm³/mol. The summed E-state index contributed by atoms with van der Waals surface area (Å²) in [6, 6.07) is 14.3. The van der Waals surface area contributed by atoms with Gasteiger partial charge in [0.1, 0.15) is 11.6 Å². The second kappa shape index (κ2) is 7.96. The molecule has 0 saturated heterocycles. The molecule has 0 unspecified atom stereocenters. The van der Waals surface area contributed by atoms with Crippen molar-refractivity contribution < 1.29 is 9.18 Å². The van der Waals surface area contributed by atoms with Crippen LogP contribution in [-0.2, 0) is 11.2 Å². The van der Waals surface area contributed by atoms with Crippen LogP contribution in [-0.4, -0.2) is 30.9 Å². The van der Waals surface area contributed by atoms with Crippen LogP contribution in [0.3, 0.4) is 0 Å². The van der Waals surface area contributed by atoms with Crippen LogP contribution in [0.2, 0.25) is 0 Å². The molecule has 5 rings (SSSR count). The number of nitrogens with zero attached hydrogens (tertiary/aromatic N) is 5. The standard InChI is InChI=1S/C24H21FN6O/c1-3-15-4-6-16(7-5-15)19-12-21(32)28-23-22(19)14(2)30-31(23)24-27-20(13-26-29-24)17-8-10-18(25)11-9-17/h4-11,13,19H,3,12H2,1-2H3,(H,28,32)/t19-/m0/s1. The summed E-state index contributed by atoms with van der Waals surface area (Å²) in [4.78, 5) is 17.2. The fourth-order valence-corrected chi connectivity index (χ4v) is 4.11. The molecule has 0 spiro atoms. The lowest BCUT2D eigenvalue weighted by Gasteiger charge is -2.24. The number of carbonyl (C=O) groups excluding carboxylic acids is 1. The Bertz CT molecular complexity index is 1300. The molecule has 0 fully saturated rings. The monoisotopic (exact) mass is 428 g/mol. The molecule has 0 radical (unpaired) electrons. The molecule has 0 aliphatic carbocycles. The maximum Gasteiger partial charge on any atom is 0.272 e. The highest BCUT2D eigenvalue weighted by Gasteiger charge is 2.33. The highest BCUT2D eigenvalue weighted by Crippen LogP contribution is 2.40. The van der Waals surface area contributed by atoms with Gasteiger partial charge in [-0.05, 0) is 48.7 Å². The minimum absolute atomic E-state index is 0.0918. The van der Waals surface area contributed by atoms with Crippen LogP contribution in [0.5, 0.6) is 0 Å². The summed E-state index contributed by atoms with van der Waals surface area (Å²) in [5.74, 6) is 0.269. The van der Waals surface area contributed by atoms with Gasteiger partial charge in [0.2, 0.25) is 5.91 Å². The number of aryl methyl sites for hydroxylation is 2. The zero-order chi connectivity index (χ0) is 22.2.